The third-order valence-electron chi connectivity index (χ3n) is 4.27. The van der Waals surface area contributed by atoms with Crippen molar-refractivity contribution in [1.82, 2.24) is 9.88 Å². The molecule has 2 heterocycles. The number of carboxylic acid groups (broad SMARTS) is 1. The molecule has 1 atom stereocenters. The normalized spacial score (nSPS) is 21.8. The third-order valence-corrected chi connectivity index (χ3v) is 4.27. The van der Waals surface area contributed by atoms with E-state index in [0.717, 1.165) is 10.3 Å². The lowest BCUT2D eigenvalue weighted by molar-refractivity contribution is -0.227. The maximum absolute atomic E-state index is 13.1. The Kier molecular flexibility index (Phi) is 3.35. The number of aliphatic carboxylic acids is 1. The number of amides is 1. The number of carboxylic acids is 1. The van der Waals surface area contributed by atoms with Crippen molar-refractivity contribution in [2.75, 3.05) is 13.1 Å². The van der Waals surface area contributed by atoms with E-state index in [-0.39, 0.29) is 12.2 Å². The molecule has 1 aliphatic rings. The number of benzene rings is 1. The van der Waals surface area contributed by atoms with Gasteiger partial charge in [-0.15, -0.1) is 0 Å². The van der Waals surface area contributed by atoms with Gasteiger partial charge in [-0.2, -0.15) is 13.2 Å². The fraction of sp³-hybridized carbons (Fsp3) is 0.333. The van der Waals surface area contributed by atoms with Crippen LogP contribution in [0.5, 0.6) is 0 Å². The number of hydrogen-bond donors (Lipinski definition) is 2. The molecule has 1 unspecified atom stereocenters. The second kappa shape index (κ2) is 5.00. The summed E-state index contributed by atoms with van der Waals surface area (Å²) < 4.78 is 39.4. The molecular formula is C15H13F3N2O3. The standard InChI is InChI=1S/C15H13F3N2O3/c16-15(17,18)14(13(22)23)5-6-20(8-14)12(21)11-7-9-3-1-2-4-10(9)19-11/h1-4,7,19H,5-6,8H2,(H,22,23). The highest BCUT2D eigenvalue weighted by Gasteiger charge is 2.64. The smallest absolute Gasteiger partial charge is 0.406 e. The molecule has 23 heavy (non-hydrogen) atoms. The first-order chi connectivity index (χ1) is 10.7. The molecule has 2 N–H and O–H groups in total. The van der Waals surface area contributed by atoms with E-state index in [1.807, 2.05) is 0 Å². The molecule has 1 saturated heterocycles. The van der Waals surface area contributed by atoms with Gasteiger partial charge >= 0.3 is 12.1 Å². The minimum absolute atomic E-state index is 0.148. The topological polar surface area (TPSA) is 73.4 Å². The largest absolute Gasteiger partial charge is 0.481 e. The minimum atomic E-state index is -4.91. The van der Waals surface area contributed by atoms with Crippen LogP contribution in [0.2, 0.25) is 0 Å². The Labute approximate surface area is 128 Å². The molecule has 8 heteroatoms. The Balaban J connectivity index is 1.88. The van der Waals surface area contributed by atoms with Crippen molar-refractivity contribution in [2.24, 2.45) is 5.41 Å². The fourth-order valence-electron chi connectivity index (χ4n) is 2.87. The maximum Gasteiger partial charge on any atom is 0.406 e. The van der Waals surface area contributed by atoms with Gasteiger partial charge in [-0.05, 0) is 18.6 Å². The molecule has 0 bridgehead atoms. The average molecular weight is 326 g/mol. The lowest BCUT2D eigenvalue weighted by Crippen LogP contribution is -2.47. The molecule has 1 aromatic heterocycles. The third kappa shape index (κ3) is 2.34. The van der Waals surface area contributed by atoms with Crippen LogP contribution < -0.4 is 0 Å². The predicted octanol–water partition coefficient (Wildman–Crippen LogP) is 2.65. The van der Waals surface area contributed by atoms with Crippen molar-refractivity contribution in [2.45, 2.75) is 12.6 Å². The zero-order valence-electron chi connectivity index (χ0n) is 11.9. The summed E-state index contributed by atoms with van der Waals surface area (Å²) in [6.07, 6.45) is -5.55. The van der Waals surface area contributed by atoms with Crippen LogP contribution in [0, 0.1) is 5.41 Å². The van der Waals surface area contributed by atoms with Crippen molar-refractivity contribution in [3.8, 4) is 0 Å². The Morgan fingerprint density at radius 2 is 1.96 bits per heavy atom. The van der Waals surface area contributed by atoms with Crippen molar-refractivity contribution in [1.29, 1.82) is 0 Å². The van der Waals surface area contributed by atoms with Gasteiger partial charge in [0.1, 0.15) is 5.69 Å². The molecule has 3 rings (SSSR count). The van der Waals surface area contributed by atoms with Gasteiger partial charge in [-0.1, -0.05) is 18.2 Å². The number of fused-ring (bicyclic) bond motifs is 1. The Morgan fingerprint density at radius 1 is 1.26 bits per heavy atom. The number of rotatable bonds is 2. The second-order valence-corrected chi connectivity index (χ2v) is 5.63. The molecule has 1 aliphatic heterocycles. The van der Waals surface area contributed by atoms with E-state index in [1.165, 1.54) is 0 Å². The van der Waals surface area contributed by atoms with E-state index in [2.05, 4.69) is 4.98 Å². The number of nitrogens with zero attached hydrogens (tertiary/aromatic N) is 1. The van der Waals surface area contributed by atoms with E-state index in [4.69, 9.17) is 5.11 Å². The van der Waals surface area contributed by atoms with Crippen LogP contribution in [0.1, 0.15) is 16.9 Å². The molecule has 0 spiro atoms. The molecule has 2 aromatic rings. The van der Waals surface area contributed by atoms with Crippen LogP contribution in [0.15, 0.2) is 30.3 Å². The SMILES string of the molecule is O=C(c1cc2ccccc2[nH]1)N1CCC(C(=O)O)(C(F)(F)F)C1. The van der Waals surface area contributed by atoms with E-state index in [0.29, 0.717) is 5.52 Å². The molecular weight excluding hydrogens is 313 g/mol. The molecule has 1 aromatic carbocycles. The summed E-state index contributed by atoms with van der Waals surface area (Å²) in [4.78, 5) is 27.3. The van der Waals surface area contributed by atoms with E-state index < -0.39 is 36.4 Å². The Morgan fingerprint density at radius 3 is 2.52 bits per heavy atom. The fourth-order valence-corrected chi connectivity index (χ4v) is 2.87. The van der Waals surface area contributed by atoms with E-state index >= 15 is 0 Å². The number of alkyl halides is 3. The summed E-state index contributed by atoms with van der Waals surface area (Å²) in [6, 6.07) is 8.60. The van der Waals surface area contributed by atoms with Gasteiger partial charge in [-0.3, -0.25) is 9.59 Å². The summed E-state index contributed by atoms with van der Waals surface area (Å²) in [5.41, 5.74) is -2.06. The van der Waals surface area contributed by atoms with Crippen molar-refractivity contribution >= 4 is 22.8 Å². The lowest BCUT2D eigenvalue weighted by Gasteiger charge is -2.27. The van der Waals surface area contributed by atoms with Gasteiger partial charge in [-0.25, -0.2) is 0 Å². The number of carbonyl (C=O) groups is 2. The molecule has 1 amide bonds. The summed E-state index contributed by atoms with van der Waals surface area (Å²) >= 11 is 0. The van der Waals surface area contributed by atoms with Crippen LogP contribution in [0.25, 0.3) is 10.9 Å². The number of nitrogens with one attached hydrogen (secondary N) is 1. The van der Waals surface area contributed by atoms with Crippen molar-refractivity contribution in [3.63, 3.8) is 0 Å². The van der Waals surface area contributed by atoms with Gasteiger partial charge in [0.15, 0.2) is 5.41 Å². The quantitative estimate of drug-likeness (QED) is 0.891. The number of H-pyrrole nitrogens is 1. The van der Waals surface area contributed by atoms with Gasteiger partial charge in [0.2, 0.25) is 0 Å². The number of halogens is 3. The van der Waals surface area contributed by atoms with Crippen LogP contribution in [0.4, 0.5) is 13.2 Å². The number of carbonyl (C=O) groups excluding carboxylic acids is 1. The van der Waals surface area contributed by atoms with Crippen molar-refractivity contribution in [3.05, 3.63) is 36.0 Å². The number of likely N-dealkylation sites (tertiary alicyclic amines) is 1. The van der Waals surface area contributed by atoms with Crippen LogP contribution in [-0.4, -0.2) is 46.1 Å². The number of aromatic amines is 1. The van der Waals surface area contributed by atoms with E-state index in [1.54, 1.807) is 30.3 Å². The molecule has 1 fully saturated rings. The Bertz CT molecular complexity index is 751. The first kappa shape index (κ1) is 15.4. The average Bonchev–Trinajstić information content (AvgIpc) is 3.10. The highest BCUT2D eigenvalue weighted by molar-refractivity contribution is 5.98. The summed E-state index contributed by atoms with van der Waals surface area (Å²) in [7, 11) is 0. The van der Waals surface area contributed by atoms with Crippen molar-refractivity contribution < 1.29 is 27.9 Å². The maximum atomic E-state index is 13.1. The summed E-state index contributed by atoms with van der Waals surface area (Å²) in [5, 5.41) is 9.78. The van der Waals surface area contributed by atoms with Gasteiger partial charge in [0, 0.05) is 24.0 Å². The highest BCUT2D eigenvalue weighted by Crippen LogP contribution is 2.46. The zero-order chi connectivity index (χ0) is 16.8. The van der Waals surface area contributed by atoms with E-state index in [9.17, 15) is 22.8 Å². The highest BCUT2D eigenvalue weighted by atomic mass is 19.4. The first-order valence-corrected chi connectivity index (χ1v) is 6.92. The molecule has 0 aliphatic carbocycles. The number of para-hydroxylation sites is 1. The molecule has 122 valence electrons. The number of aromatic nitrogens is 1. The molecule has 5 nitrogen and oxygen atoms in total. The molecule has 0 radical (unpaired) electrons. The second-order valence-electron chi connectivity index (χ2n) is 5.63. The van der Waals surface area contributed by atoms with Crippen LogP contribution in [-0.2, 0) is 4.79 Å². The summed E-state index contributed by atoms with van der Waals surface area (Å²) in [5.74, 6) is -2.58. The zero-order valence-corrected chi connectivity index (χ0v) is 11.9. The Hall–Kier alpha value is -2.51. The van der Waals surface area contributed by atoms with Gasteiger partial charge < -0.3 is 15.0 Å². The number of hydrogen-bond acceptors (Lipinski definition) is 2. The van der Waals surface area contributed by atoms with Crippen LogP contribution in [0.3, 0.4) is 0 Å². The van der Waals surface area contributed by atoms with Gasteiger partial charge in [0.25, 0.3) is 5.91 Å². The summed E-state index contributed by atoms with van der Waals surface area (Å²) in [6.45, 7) is -1.12. The first-order valence-electron chi connectivity index (χ1n) is 6.92. The predicted molar refractivity (Wildman–Crippen MR) is 74.9 cm³/mol. The van der Waals surface area contributed by atoms with Crippen LogP contribution >= 0.6 is 0 Å². The monoisotopic (exact) mass is 326 g/mol. The minimum Gasteiger partial charge on any atom is -0.481 e. The van der Waals surface area contributed by atoms with Gasteiger partial charge in [0.05, 0.1) is 0 Å². The lowest BCUT2D eigenvalue weighted by atomic mass is 9.86. The molecule has 0 saturated carbocycles.